The summed E-state index contributed by atoms with van der Waals surface area (Å²) in [6.45, 7) is 9.90. The average Bonchev–Trinajstić information content (AvgIpc) is 3.34. The van der Waals surface area contributed by atoms with Crippen LogP contribution in [0.1, 0.15) is 252 Å². The molecule has 0 aliphatic heterocycles. The highest BCUT2D eigenvalue weighted by atomic mass is 28.4. The summed E-state index contributed by atoms with van der Waals surface area (Å²) in [5.74, 6) is 0.300. The first-order valence-corrected chi connectivity index (χ1v) is 31.0. The zero-order chi connectivity index (χ0) is 48.2. The van der Waals surface area contributed by atoms with Crippen molar-refractivity contribution in [2.75, 3.05) is 26.4 Å². The second kappa shape index (κ2) is 36.4. The second-order valence-electron chi connectivity index (χ2n) is 22.2. The highest BCUT2D eigenvalue weighted by molar-refractivity contribution is 6.99. The number of carbonyl (C=O) groups excluding carboxylic acids is 2. The van der Waals surface area contributed by atoms with E-state index in [2.05, 4.69) is 86.8 Å². The van der Waals surface area contributed by atoms with Gasteiger partial charge in [0.2, 0.25) is 0 Å². The van der Waals surface area contributed by atoms with E-state index in [1.165, 1.54) is 126 Å². The highest BCUT2D eigenvalue weighted by Gasteiger charge is 2.50. The maximum atomic E-state index is 13.3. The third-order valence-electron chi connectivity index (χ3n) is 15.5. The molecule has 4 rings (SSSR count). The van der Waals surface area contributed by atoms with Gasteiger partial charge in [-0.1, -0.05) is 248 Å². The number of hydrogen-bond acceptors (Lipinski definition) is 6. The number of benzene rings is 2. The van der Waals surface area contributed by atoms with E-state index in [0.29, 0.717) is 19.3 Å². The predicted octanol–water partition coefficient (Wildman–Crippen LogP) is 15.9. The van der Waals surface area contributed by atoms with Gasteiger partial charge in [-0.3, -0.25) is 9.59 Å². The van der Waals surface area contributed by atoms with Gasteiger partial charge in [0.05, 0.1) is 25.0 Å². The molecule has 0 radical (unpaired) electrons. The van der Waals surface area contributed by atoms with E-state index in [4.69, 9.17) is 13.9 Å². The Bertz CT molecular complexity index is 1400. The number of hydrogen-bond donors (Lipinski definition) is 1. The molecule has 386 valence electrons. The maximum absolute atomic E-state index is 13.3. The smallest absolute Gasteiger partial charge is 0.308 e. The minimum Gasteiger partial charge on any atom is -0.465 e. The van der Waals surface area contributed by atoms with Crippen molar-refractivity contribution in [1.82, 2.24) is 5.32 Å². The Morgan fingerprint density at radius 3 is 1.16 bits per heavy atom. The van der Waals surface area contributed by atoms with E-state index >= 15 is 0 Å². The van der Waals surface area contributed by atoms with Crippen molar-refractivity contribution in [2.45, 2.75) is 263 Å². The van der Waals surface area contributed by atoms with Crippen molar-refractivity contribution in [1.29, 1.82) is 0 Å². The van der Waals surface area contributed by atoms with Gasteiger partial charge in [-0.2, -0.15) is 0 Å². The quantitative estimate of drug-likeness (QED) is 0.0680. The first kappa shape index (κ1) is 58.1. The molecule has 0 heterocycles. The fourth-order valence-corrected chi connectivity index (χ4v) is 15.9. The summed E-state index contributed by atoms with van der Waals surface area (Å²) in [7, 11) is -2.54. The van der Waals surface area contributed by atoms with Crippen LogP contribution in [0.4, 0.5) is 0 Å². The van der Waals surface area contributed by atoms with Gasteiger partial charge in [0.25, 0.3) is 8.32 Å². The molecule has 7 heteroatoms. The lowest BCUT2D eigenvalue weighted by Crippen LogP contribution is -2.66. The SMILES string of the molecule is CC(C)(C)[Si](OCCCCNC(CCCCCOC(=O)C1CCCCCCCCCCCCC1)CCCCCOC(=O)C1CCCCCCCCCCCCC1)(c1ccccc1)c1ccccc1. The van der Waals surface area contributed by atoms with Gasteiger partial charge in [0, 0.05) is 12.6 Å². The van der Waals surface area contributed by atoms with Crippen LogP contribution in [0.15, 0.2) is 60.7 Å². The molecule has 6 nitrogen and oxygen atoms in total. The number of nitrogens with one attached hydrogen (secondary N) is 1. The van der Waals surface area contributed by atoms with Gasteiger partial charge < -0.3 is 19.2 Å². The molecule has 0 bridgehead atoms. The van der Waals surface area contributed by atoms with Crippen molar-refractivity contribution in [3.8, 4) is 0 Å². The molecule has 0 aromatic heterocycles. The summed E-state index contributed by atoms with van der Waals surface area (Å²) in [4.78, 5) is 26.5. The van der Waals surface area contributed by atoms with Gasteiger partial charge in [0.1, 0.15) is 0 Å². The van der Waals surface area contributed by atoms with E-state index in [0.717, 1.165) is 129 Å². The van der Waals surface area contributed by atoms with Crippen molar-refractivity contribution in [3.05, 3.63) is 60.7 Å². The minimum atomic E-state index is -2.54. The fraction of sp³-hybridized carbons (Fsp3) is 0.770. The molecule has 1 N–H and O–H groups in total. The van der Waals surface area contributed by atoms with Crippen molar-refractivity contribution in [3.63, 3.8) is 0 Å². The molecule has 0 unspecified atom stereocenters. The monoisotopic (exact) mass is 958 g/mol. The lowest BCUT2D eigenvalue weighted by Gasteiger charge is -2.43. The Hall–Kier alpha value is -2.48. The van der Waals surface area contributed by atoms with E-state index in [9.17, 15) is 9.59 Å². The zero-order valence-corrected chi connectivity index (χ0v) is 45.3. The van der Waals surface area contributed by atoms with Crippen molar-refractivity contribution < 1.29 is 23.5 Å². The predicted molar refractivity (Wildman–Crippen MR) is 290 cm³/mol. The molecular weight excluding hydrogens is 855 g/mol. The number of carbonyl (C=O) groups is 2. The minimum absolute atomic E-state index is 0.0208. The Labute approximate surface area is 419 Å². The summed E-state index contributed by atoms with van der Waals surface area (Å²) in [5.41, 5.74) is 0. The molecule has 0 atom stereocenters. The molecule has 2 fully saturated rings. The molecule has 2 saturated carbocycles. The molecule has 2 aromatic rings. The van der Waals surface area contributed by atoms with Crippen molar-refractivity contribution in [2.24, 2.45) is 11.8 Å². The second-order valence-corrected chi connectivity index (χ2v) is 26.5. The first-order valence-electron chi connectivity index (χ1n) is 29.1. The van der Waals surface area contributed by atoms with Crippen LogP contribution in [-0.4, -0.2) is 52.7 Å². The van der Waals surface area contributed by atoms with Gasteiger partial charge in [-0.25, -0.2) is 0 Å². The normalized spacial score (nSPS) is 18.1. The highest BCUT2D eigenvalue weighted by Crippen LogP contribution is 2.37. The molecule has 0 spiro atoms. The summed E-state index contributed by atoms with van der Waals surface area (Å²) in [6, 6.07) is 22.4. The molecule has 2 aromatic carbocycles. The van der Waals surface area contributed by atoms with Gasteiger partial charge in [0.15, 0.2) is 0 Å². The Kier molecular flexibility index (Phi) is 31.1. The van der Waals surface area contributed by atoms with Crippen LogP contribution in [0.25, 0.3) is 0 Å². The number of esters is 2. The lowest BCUT2D eigenvalue weighted by molar-refractivity contribution is -0.150. The Morgan fingerprint density at radius 1 is 0.471 bits per heavy atom. The summed E-state index contributed by atoms with van der Waals surface area (Å²) in [5, 5.41) is 6.63. The van der Waals surface area contributed by atoms with Crippen LogP contribution in [0, 0.1) is 11.8 Å². The molecule has 2 aliphatic carbocycles. The van der Waals surface area contributed by atoms with Crippen LogP contribution >= 0.6 is 0 Å². The number of unbranched alkanes of at least 4 members (excludes halogenated alkanes) is 5. The van der Waals surface area contributed by atoms with E-state index in [1.54, 1.807) is 0 Å². The van der Waals surface area contributed by atoms with E-state index in [1.807, 2.05) is 0 Å². The summed E-state index contributed by atoms with van der Waals surface area (Å²) >= 11 is 0. The third-order valence-corrected chi connectivity index (χ3v) is 20.5. The van der Waals surface area contributed by atoms with Crippen LogP contribution < -0.4 is 15.7 Å². The largest absolute Gasteiger partial charge is 0.465 e. The molecule has 68 heavy (non-hydrogen) atoms. The standard InChI is InChI=1S/C61H103NO5Si/c1-61(2,3)68(57-46-32-22-33-47-57,58-48-34-23-35-49-58)67-53-39-36-50-62-56(44-30-24-37-51-65-59(63)54-40-26-18-14-10-6-4-7-11-15-19-27-41-54)45-31-25-38-52-66-60(64)55-42-28-20-16-12-8-5-9-13-17-21-29-43-55/h22-23,32-35,46-49,54-56,62H,4-21,24-31,36-45,50-53H2,1-3H3. The maximum Gasteiger partial charge on any atom is 0.308 e. The summed E-state index contributed by atoms with van der Waals surface area (Å²) < 4.78 is 19.1. The Morgan fingerprint density at radius 2 is 0.809 bits per heavy atom. The van der Waals surface area contributed by atoms with Crippen LogP contribution in [0.5, 0.6) is 0 Å². The topological polar surface area (TPSA) is 73.9 Å². The van der Waals surface area contributed by atoms with Crippen molar-refractivity contribution >= 4 is 30.6 Å². The third kappa shape index (κ3) is 23.6. The van der Waals surface area contributed by atoms with Crippen LogP contribution in [0.2, 0.25) is 5.04 Å². The Balaban J connectivity index is 1.23. The summed E-state index contributed by atoms with van der Waals surface area (Å²) in [6.07, 6.45) is 43.3. The molecule has 0 amide bonds. The average molecular weight is 959 g/mol. The fourth-order valence-electron chi connectivity index (χ4n) is 11.3. The van der Waals surface area contributed by atoms with Crippen LogP contribution in [0.3, 0.4) is 0 Å². The van der Waals surface area contributed by atoms with Gasteiger partial charge in [-0.15, -0.1) is 0 Å². The number of ether oxygens (including phenoxy) is 2. The zero-order valence-electron chi connectivity index (χ0n) is 44.3. The molecular formula is C61H103NO5Si. The van der Waals surface area contributed by atoms with Crippen LogP contribution in [-0.2, 0) is 23.5 Å². The first-order chi connectivity index (χ1) is 33.3. The molecule has 2 aliphatic rings. The van der Waals surface area contributed by atoms with E-state index in [-0.39, 0.29) is 28.8 Å². The molecule has 0 saturated heterocycles. The van der Waals surface area contributed by atoms with Gasteiger partial charge >= 0.3 is 11.9 Å². The lowest BCUT2D eigenvalue weighted by atomic mass is 9.93. The number of rotatable bonds is 23. The van der Waals surface area contributed by atoms with Gasteiger partial charge in [-0.05, 0) is 86.2 Å². The van der Waals surface area contributed by atoms with E-state index < -0.39 is 8.32 Å².